The lowest BCUT2D eigenvalue weighted by molar-refractivity contribution is -0.109. The van der Waals surface area contributed by atoms with Crippen LogP contribution in [0.2, 0.25) is 0 Å². The van der Waals surface area contributed by atoms with Gasteiger partial charge in [0.1, 0.15) is 5.72 Å². The van der Waals surface area contributed by atoms with Crippen LogP contribution in [0.1, 0.15) is 41.4 Å². The number of carbonyl (C=O) groups excluding carboxylic acids is 1. The Morgan fingerprint density at radius 2 is 2.21 bits per heavy atom. The summed E-state index contributed by atoms with van der Waals surface area (Å²) in [5, 5.41) is 3.38. The van der Waals surface area contributed by atoms with E-state index in [1.165, 1.54) is 6.92 Å². The number of benzene rings is 1. The number of carbonyl (C=O) groups is 1. The number of hydrogen-bond acceptors (Lipinski definition) is 6. The first-order valence-corrected chi connectivity index (χ1v) is 10.9. The van der Waals surface area contributed by atoms with Crippen molar-refractivity contribution in [2.24, 2.45) is 0 Å². The second-order valence-electron chi connectivity index (χ2n) is 7.70. The first kappa shape index (κ1) is 20.4. The minimum atomic E-state index is -2.13. The Kier molecular flexibility index (Phi) is 5.93. The van der Waals surface area contributed by atoms with E-state index < -0.39 is 16.8 Å². The van der Waals surface area contributed by atoms with Crippen LogP contribution in [0, 0.1) is 0 Å². The van der Waals surface area contributed by atoms with Crippen molar-refractivity contribution in [2.75, 3.05) is 19.7 Å². The van der Waals surface area contributed by atoms with Gasteiger partial charge in [-0.1, -0.05) is 6.07 Å². The lowest BCUT2D eigenvalue weighted by Gasteiger charge is -2.42. The van der Waals surface area contributed by atoms with Gasteiger partial charge in [-0.05, 0) is 37.7 Å². The molecule has 2 aliphatic rings. The maximum Gasteiger partial charge on any atom is 0.186 e. The topological polar surface area (TPSA) is 108 Å². The molecule has 2 aromatic rings. The van der Waals surface area contributed by atoms with E-state index in [9.17, 15) is 13.6 Å². The van der Waals surface area contributed by atoms with Gasteiger partial charge in [-0.3, -0.25) is 9.69 Å². The Morgan fingerprint density at radius 3 is 2.86 bits per heavy atom. The van der Waals surface area contributed by atoms with Gasteiger partial charge in [-0.25, -0.2) is 9.19 Å². The number of imidazole rings is 1. The van der Waals surface area contributed by atoms with Crippen molar-refractivity contribution < 1.29 is 18.3 Å². The van der Waals surface area contributed by atoms with Crippen molar-refractivity contribution in [2.45, 2.75) is 49.4 Å². The van der Waals surface area contributed by atoms with Crippen molar-refractivity contribution in [1.82, 2.24) is 20.2 Å². The number of Topliss-reactive ketones (excluding diaryl/α,β-unsaturated/α-hetero) is 1. The molecule has 9 heteroatoms. The Morgan fingerprint density at radius 1 is 1.41 bits per heavy atom. The van der Waals surface area contributed by atoms with Crippen LogP contribution >= 0.6 is 0 Å². The molecule has 2 aliphatic heterocycles. The largest absolute Gasteiger partial charge is 0.359 e. The number of piperidine rings is 1. The minimum absolute atomic E-state index is 0.0650. The highest BCUT2D eigenvalue weighted by molar-refractivity contribution is 7.79. The third-order valence-corrected chi connectivity index (χ3v) is 6.67. The van der Waals surface area contributed by atoms with Gasteiger partial charge in [0.25, 0.3) is 0 Å². The maximum absolute atomic E-state index is 11.9. The SMILES string of the molecule is CC(=O)c1ccc(S(=O)O)c(CN2C(Cc3cnc[nH]3)COC23CCNCC3)c1. The molecule has 2 fully saturated rings. The fourth-order valence-electron chi connectivity index (χ4n) is 4.37. The molecule has 2 unspecified atom stereocenters. The zero-order valence-corrected chi connectivity index (χ0v) is 17.2. The van der Waals surface area contributed by atoms with Crippen LogP contribution in [0.15, 0.2) is 35.6 Å². The second kappa shape index (κ2) is 8.45. The van der Waals surface area contributed by atoms with Crippen LogP contribution in [0.3, 0.4) is 0 Å². The average molecular weight is 419 g/mol. The summed E-state index contributed by atoms with van der Waals surface area (Å²) >= 11 is -2.13. The fraction of sp³-hybridized carbons (Fsp3) is 0.500. The van der Waals surface area contributed by atoms with E-state index in [1.807, 2.05) is 6.20 Å². The third-order valence-electron chi connectivity index (χ3n) is 5.90. The number of nitrogens with zero attached hydrogens (tertiary/aromatic N) is 2. The molecule has 1 aromatic carbocycles. The van der Waals surface area contributed by atoms with Crippen LogP contribution in [-0.4, -0.2) is 60.9 Å². The number of aromatic nitrogens is 2. The zero-order chi connectivity index (χ0) is 20.4. The number of rotatable bonds is 6. The van der Waals surface area contributed by atoms with Crippen molar-refractivity contribution in [3.8, 4) is 0 Å². The molecular formula is C20H26N4O4S. The Balaban J connectivity index is 1.69. The predicted octanol–water partition coefficient (Wildman–Crippen LogP) is 1.72. The molecule has 3 heterocycles. The molecule has 4 rings (SSSR count). The fourth-order valence-corrected chi connectivity index (χ4v) is 4.91. The average Bonchev–Trinajstić information content (AvgIpc) is 3.33. The molecule has 0 amide bonds. The first-order chi connectivity index (χ1) is 14.0. The number of nitrogens with one attached hydrogen (secondary N) is 2. The molecule has 8 nitrogen and oxygen atoms in total. The molecule has 1 spiro atoms. The molecule has 0 bridgehead atoms. The summed E-state index contributed by atoms with van der Waals surface area (Å²) in [7, 11) is 0. The van der Waals surface area contributed by atoms with Gasteiger partial charge < -0.3 is 19.6 Å². The Hall–Kier alpha value is -1.91. The Labute approximate surface area is 172 Å². The summed E-state index contributed by atoms with van der Waals surface area (Å²) in [5.41, 5.74) is 1.85. The summed E-state index contributed by atoms with van der Waals surface area (Å²) in [4.78, 5) is 21.8. The van der Waals surface area contributed by atoms with E-state index in [4.69, 9.17) is 4.74 Å². The van der Waals surface area contributed by atoms with Crippen LogP contribution in [0.4, 0.5) is 0 Å². The summed E-state index contributed by atoms with van der Waals surface area (Å²) in [5.74, 6) is -0.0650. The zero-order valence-electron chi connectivity index (χ0n) is 16.4. The summed E-state index contributed by atoms with van der Waals surface area (Å²) in [6, 6.07) is 5.04. The highest BCUT2D eigenvalue weighted by atomic mass is 32.2. The number of aromatic amines is 1. The quantitative estimate of drug-likeness (QED) is 0.484. The maximum atomic E-state index is 11.9. The summed E-state index contributed by atoms with van der Waals surface area (Å²) in [6.07, 6.45) is 5.92. The summed E-state index contributed by atoms with van der Waals surface area (Å²) < 4.78 is 28.1. The number of ketones is 1. The van der Waals surface area contributed by atoms with Crippen molar-refractivity contribution >= 4 is 16.9 Å². The second-order valence-corrected chi connectivity index (χ2v) is 8.64. The van der Waals surface area contributed by atoms with Gasteiger partial charge in [0.05, 0.1) is 17.8 Å². The van der Waals surface area contributed by atoms with Gasteiger partial charge >= 0.3 is 0 Å². The molecule has 2 atom stereocenters. The number of ether oxygens (including phenoxy) is 1. The number of H-pyrrole nitrogens is 1. The van der Waals surface area contributed by atoms with Gasteiger partial charge in [-0.15, -0.1) is 0 Å². The molecule has 0 saturated carbocycles. The lowest BCUT2D eigenvalue weighted by Crippen LogP contribution is -2.54. The Bertz CT molecular complexity index is 896. The van der Waals surface area contributed by atoms with E-state index >= 15 is 0 Å². The van der Waals surface area contributed by atoms with E-state index in [0.717, 1.165) is 38.0 Å². The van der Waals surface area contributed by atoms with Crippen molar-refractivity contribution in [3.63, 3.8) is 0 Å². The van der Waals surface area contributed by atoms with Gasteiger partial charge in [0.15, 0.2) is 16.9 Å². The van der Waals surface area contributed by atoms with Crippen LogP contribution < -0.4 is 5.32 Å². The standard InChI is InChI=1S/C20H26N4O4S/c1-14(25)15-2-3-19(29(26)27)16(8-15)11-24-18(9-17-10-22-13-23-17)12-28-20(24)4-6-21-7-5-20/h2-3,8,10,13,18,21H,4-7,9,11-12H2,1H3,(H,22,23)(H,26,27). The third kappa shape index (κ3) is 4.19. The van der Waals surface area contributed by atoms with Gasteiger partial charge in [-0.2, -0.15) is 0 Å². The van der Waals surface area contributed by atoms with E-state index in [-0.39, 0.29) is 11.8 Å². The van der Waals surface area contributed by atoms with E-state index in [0.29, 0.717) is 29.2 Å². The lowest BCUT2D eigenvalue weighted by atomic mass is 9.97. The molecule has 29 heavy (non-hydrogen) atoms. The van der Waals surface area contributed by atoms with Crippen LogP contribution in [0.5, 0.6) is 0 Å². The van der Waals surface area contributed by atoms with E-state index in [2.05, 4.69) is 20.2 Å². The van der Waals surface area contributed by atoms with E-state index in [1.54, 1.807) is 24.5 Å². The minimum Gasteiger partial charge on any atom is -0.359 e. The molecule has 3 N–H and O–H groups in total. The summed E-state index contributed by atoms with van der Waals surface area (Å²) in [6.45, 7) is 4.26. The monoisotopic (exact) mass is 418 g/mol. The van der Waals surface area contributed by atoms with Gasteiger partial charge in [0, 0.05) is 49.3 Å². The van der Waals surface area contributed by atoms with Crippen molar-refractivity contribution in [1.29, 1.82) is 0 Å². The molecule has 0 aliphatic carbocycles. The highest BCUT2D eigenvalue weighted by Crippen LogP contribution is 2.38. The van der Waals surface area contributed by atoms with Crippen LogP contribution in [-0.2, 0) is 28.8 Å². The van der Waals surface area contributed by atoms with Gasteiger partial charge in [0.2, 0.25) is 0 Å². The highest BCUT2D eigenvalue weighted by Gasteiger charge is 2.48. The molecule has 1 aromatic heterocycles. The van der Waals surface area contributed by atoms with Crippen LogP contribution in [0.25, 0.3) is 0 Å². The molecule has 2 saturated heterocycles. The number of hydrogen-bond donors (Lipinski definition) is 3. The normalized spacial score (nSPS) is 22.8. The molecule has 0 radical (unpaired) electrons. The van der Waals surface area contributed by atoms with Crippen molar-refractivity contribution in [3.05, 3.63) is 47.5 Å². The molecular weight excluding hydrogens is 392 g/mol. The smallest absolute Gasteiger partial charge is 0.186 e. The predicted molar refractivity (Wildman–Crippen MR) is 108 cm³/mol. The first-order valence-electron chi connectivity index (χ1n) is 9.82. The molecule has 156 valence electrons.